The number of hydrogen-bond acceptors (Lipinski definition) is 5. The number of amidine groups is 1. The van der Waals surface area contributed by atoms with E-state index in [-0.39, 0.29) is 24.0 Å². The van der Waals surface area contributed by atoms with Crippen molar-refractivity contribution in [3.8, 4) is 5.75 Å². The summed E-state index contributed by atoms with van der Waals surface area (Å²) in [6, 6.07) is 11.2. The maximum Gasteiger partial charge on any atom is 0.487 e. The predicted octanol–water partition coefficient (Wildman–Crippen LogP) is 5.06. The summed E-state index contributed by atoms with van der Waals surface area (Å²) < 4.78 is 29.7. The molecule has 2 amide bonds. The number of amides is 2. The quantitative estimate of drug-likeness (QED) is 0.624. The molecule has 1 N–H and O–H groups in total. The molecule has 0 bridgehead atoms. The molecule has 0 aromatic heterocycles. The molecule has 164 valence electrons. The Morgan fingerprint density at radius 2 is 1.94 bits per heavy atom. The molecular formula is C21H20ClF2N3O3S. The largest absolute Gasteiger partial charge is 0.487 e. The van der Waals surface area contributed by atoms with Crippen LogP contribution in [0.15, 0.2) is 47.5 Å². The van der Waals surface area contributed by atoms with Crippen LogP contribution in [-0.2, 0) is 9.59 Å². The zero-order valence-corrected chi connectivity index (χ0v) is 18.6. The number of thioether (sulfide) groups is 1. The standard InChI is InChI=1S/C21H20ClF2N3O3S/c1-12-4-9-16(13(2)10-12)26-19(29)17-11-18(28)27(3)20(31-17)25-14-5-7-15(8-6-14)30-21(22,23)24/h4-10,17H,11H2,1-3H3,(H,26,29). The highest BCUT2D eigenvalue weighted by Crippen LogP contribution is 2.31. The van der Waals surface area contributed by atoms with Gasteiger partial charge in [-0.3, -0.25) is 14.5 Å². The molecule has 10 heteroatoms. The van der Waals surface area contributed by atoms with Crippen LogP contribution in [0.1, 0.15) is 17.5 Å². The second kappa shape index (κ2) is 9.23. The SMILES string of the molecule is Cc1ccc(NC(=O)C2CC(=O)N(C)C(=Nc3ccc(OC(F)(F)Cl)cc3)S2)c(C)c1. The molecule has 1 unspecified atom stereocenters. The minimum absolute atomic E-state index is 0.0362. The lowest BCUT2D eigenvalue weighted by molar-refractivity contribution is -0.128. The summed E-state index contributed by atoms with van der Waals surface area (Å²) in [6.45, 7) is 3.86. The van der Waals surface area contributed by atoms with Crippen LogP contribution in [0.4, 0.5) is 20.2 Å². The molecule has 3 rings (SSSR count). The Kier molecular flexibility index (Phi) is 6.86. The first kappa shape index (κ1) is 23.0. The van der Waals surface area contributed by atoms with E-state index < -0.39 is 10.8 Å². The molecule has 0 spiro atoms. The van der Waals surface area contributed by atoms with Gasteiger partial charge in [0, 0.05) is 30.8 Å². The van der Waals surface area contributed by atoms with Crippen molar-refractivity contribution in [3.63, 3.8) is 0 Å². The number of nitrogens with zero attached hydrogens (tertiary/aromatic N) is 2. The second-order valence-electron chi connectivity index (χ2n) is 7.01. The summed E-state index contributed by atoms with van der Waals surface area (Å²) >= 11 is 5.91. The van der Waals surface area contributed by atoms with Crippen LogP contribution in [0, 0.1) is 13.8 Å². The minimum Gasteiger partial charge on any atom is -0.420 e. The highest BCUT2D eigenvalue weighted by atomic mass is 35.5. The normalized spacial score (nSPS) is 18.3. The number of hydrogen-bond donors (Lipinski definition) is 1. The molecule has 2 aromatic rings. The van der Waals surface area contributed by atoms with E-state index in [1.54, 1.807) is 7.05 Å². The van der Waals surface area contributed by atoms with Crippen molar-refractivity contribution in [3.05, 3.63) is 53.6 Å². The third kappa shape index (κ3) is 6.18. The summed E-state index contributed by atoms with van der Waals surface area (Å²) in [6.07, 6.45) is 0.0362. The third-order valence-electron chi connectivity index (χ3n) is 4.50. The van der Waals surface area contributed by atoms with Gasteiger partial charge in [0.25, 0.3) is 0 Å². The van der Waals surface area contributed by atoms with Crippen LogP contribution in [0.25, 0.3) is 0 Å². The second-order valence-corrected chi connectivity index (χ2v) is 8.62. The number of aliphatic imine (C=N–C) groups is 1. The van der Waals surface area contributed by atoms with Crippen molar-refractivity contribution >= 4 is 51.7 Å². The molecule has 1 saturated heterocycles. The maximum absolute atomic E-state index is 12.8. The molecule has 6 nitrogen and oxygen atoms in total. The summed E-state index contributed by atoms with van der Waals surface area (Å²) in [5.74, 6) is -0.672. The Balaban J connectivity index is 1.75. The van der Waals surface area contributed by atoms with E-state index in [1.807, 2.05) is 32.0 Å². The van der Waals surface area contributed by atoms with Gasteiger partial charge in [-0.25, -0.2) is 4.99 Å². The van der Waals surface area contributed by atoms with E-state index in [9.17, 15) is 18.4 Å². The Labute approximate surface area is 187 Å². The smallest absolute Gasteiger partial charge is 0.420 e. The molecule has 31 heavy (non-hydrogen) atoms. The number of halogens is 3. The van der Waals surface area contributed by atoms with Crippen LogP contribution in [-0.4, -0.2) is 39.7 Å². The molecule has 1 atom stereocenters. The number of rotatable bonds is 5. The summed E-state index contributed by atoms with van der Waals surface area (Å²) in [5, 5.41) is 2.55. The van der Waals surface area contributed by atoms with Gasteiger partial charge in [-0.15, -0.1) is 8.78 Å². The Morgan fingerprint density at radius 3 is 2.55 bits per heavy atom. The van der Waals surface area contributed by atoms with Crippen molar-refractivity contribution < 1.29 is 23.1 Å². The molecule has 1 fully saturated rings. The summed E-state index contributed by atoms with van der Waals surface area (Å²) in [4.78, 5) is 30.9. The third-order valence-corrected chi connectivity index (χ3v) is 5.81. The van der Waals surface area contributed by atoms with E-state index in [4.69, 9.17) is 11.6 Å². The van der Waals surface area contributed by atoms with E-state index in [0.29, 0.717) is 16.5 Å². The van der Waals surface area contributed by atoms with Crippen LogP contribution < -0.4 is 10.1 Å². The summed E-state index contributed by atoms with van der Waals surface area (Å²) in [7, 11) is 1.57. The fourth-order valence-electron chi connectivity index (χ4n) is 2.90. The zero-order valence-electron chi connectivity index (χ0n) is 17.0. The van der Waals surface area contributed by atoms with Gasteiger partial charge in [0.2, 0.25) is 11.8 Å². The minimum atomic E-state index is -3.81. The van der Waals surface area contributed by atoms with Gasteiger partial charge < -0.3 is 10.1 Å². The first-order chi connectivity index (χ1) is 14.5. The predicted molar refractivity (Wildman–Crippen MR) is 118 cm³/mol. The first-order valence-electron chi connectivity index (χ1n) is 9.27. The number of anilines is 1. The number of carbonyl (C=O) groups is 2. The Hall–Kier alpha value is -2.65. The number of benzene rings is 2. The maximum atomic E-state index is 12.8. The number of aryl methyl sites for hydroxylation is 2. The van der Waals surface area contributed by atoms with Crippen molar-refractivity contribution in [2.75, 3.05) is 12.4 Å². The molecule has 1 heterocycles. The molecule has 2 aromatic carbocycles. The Morgan fingerprint density at radius 1 is 1.26 bits per heavy atom. The monoisotopic (exact) mass is 467 g/mol. The lowest BCUT2D eigenvalue weighted by Gasteiger charge is -2.29. The van der Waals surface area contributed by atoms with Crippen LogP contribution in [0.2, 0.25) is 0 Å². The van der Waals surface area contributed by atoms with Crippen LogP contribution >= 0.6 is 23.4 Å². The molecule has 0 aliphatic carbocycles. The van der Waals surface area contributed by atoms with Gasteiger partial charge in [-0.1, -0.05) is 29.5 Å². The molecule has 0 saturated carbocycles. The highest BCUT2D eigenvalue weighted by molar-refractivity contribution is 8.15. The summed E-state index contributed by atoms with van der Waals surface area (Å²) in [5.41, 5.74) is -0.706. The lowest BCUT2D eigenvalue weighted by atomic mass is 10.1. The molecule has 1 aliphatic rings. The average molecular weight is 468 g/mol. The van der Waals surface area contributed by atoms with E-state index >= 15 is 0 Å². The van der Waals surface area contributed by atoms with Gasteiger partial charge in [-0.05, 0) is 49.7 Å². The average Bonchev–Trinajstić information content (AvgIpc) is 2.67. The number of nitrogens with one attached hydrogen (secondary N) is 1. The Bertz CT molecular complexity index is 1030. The molecular weight excluding hydrogens is 448 g/mol. The van der Waals surface area contributed by atoms with Crippen molar-refractivity contribution in [1.82, 2.24) is 4.90 Å². The van der Waals surface area contributed by atoms with Gasteiger partial charge in [-0.2, -0.15) is 0 Å². The van der Waals surface area contributed by atoms with Crippen molar-refractivity contribution in [1.29, 1.82) is 0 Å². The van der Waals surface area contributed by atoms with Crippen LogP contribution in [0.3, 0.4) is 0 Å². The van der Waals surface area contributed by atoms with Crippen LogP contribution in [0.5, 0.6) is 5.75 Å². The highest BCUT2D eigenvalue weighted by Gasteiger charge is 2.34. The topological polar surface area (TPSA) is 71.0 Å². The van der Waals surface area contributed by atoms with Crippen molar-refractivity contribution in [2.45, 2.75) is 31.1 Å². The van der Waals surface area contributed by atoms with Gasteiger partial charge in [0.1, 0.15) is 11.0 Å². The van der Waals surface area contributed by atoms with E-state index in [2.05, 4.69) is 15.0 Å². The van der Waals surface area contributed by atoms with Gasteiger partial charge in [0.15, 0.2) is 5.17 Å². The first-order valence-corrected chi connectivity index (χ1v) is 10.5. The number of ether oxygens (including phenoxy) is 1. The fraction of sp³-hybridized carbons (Fsp3) is 0.286. The number of carbonyl (C=O) groups excluding carboxylic acids is 2. The van der Waals surface area contributed by atoms with Gasteiger partial charge in [0.05, 0.1) is 5.69 Å². The number of alkyl halides is 3. The van der Waals surface area contributed by atoms with E-state index in [0.717, 1.165) is 22.9 Å². The lowest BCUT2D eigenvalue weighted by Crippen LogP contribution is -2.43. The van der Waals surface area contributed by atoms with E-state index in [1.165, 1.54) is 29.2 Å². The zero-order chi connectivity index (χ0) is 22.8. The van der Waals surface area contributed by atoms with Gasteiger partial charge >= 0.3 is 5.57 Å². The fourth-order valence-corrected chi connectivity index (χ4v) is 4.05. The van der Waals surface area contributed by atoms with Crippen molar-refractivity contribution in [2.24, 2.45) is 4.99 Å². The molecule has 1 aliphatic heterocycles. The molecule has 0 radical (unpaired) electrons.